The number of nitrogens with one attached hydrogen (secondary N) is 1. The average molecular weight is 425 g/mol. The van der Waals surface area contributed by atoms with Crippen molar-refractivity contribution in [2.75, 3.05) is 18.4 Å². The number of aromatic nitrogens is 2. The molecule has 1 N–H and O–H groups in total. The van der Waals surface area contributed by atoms with Gasteiger partial charge >= 0.3 is 0 Å². The van der Waals surface area contributed by atoms with E-state index in [-0.39, 0.29) is 23.5 Å². The number of amides is 2. The molecule has 1 saturated heterocycles. The Morgan fingerprint density at radius 1 is 1.07 bits per heavy atom. The third-order valence-electron chi connectivity index (χ3n) is 5.25. The van der Waals surface area contributed by atoms with Gasteiger partial charge in [0.25, 0.3) is 11.8 Å². The maximum atomic E-state index is 13.1. The van der Waals surface area contributed by atoms with Crippen molar-refractivity contribution in [3.63, 3.8) is 0 Å². The third kappa shape index (κ3) is 4.38. The zero-order valence-electron chi connectivity index (χ0n) is 16.5. The molecule has 0 radical (unpaired) electrons. The summed E-state index contributed by atoms with van der Waals surface area (Å²) >= 11 is 1.30. The molecule has 0 aliphatic carbocycles. The highest BCUT2D eigenvalue weighted by Crippen LogP contribution is 2.31. The summed E-state index contributed by atoms with van der Waals surface area (Å²) in [6, 6.07) is 13.2. The van der Waals surface area contributed by atoms with Crippen LogP contribution in [0.2, 0.25) is 0 Å². The summed E-state index contributed by atoms with van der Waals surface area (Å²) in [6.07, 6.45) is 1.50. The van der Waals surface area contributed by atoms with Gasteiger partial charge in [0, 0.05) is 30.3 Å². The van der Waals surface area contributed by atoms with E-state index in [0.717, 1.165) is 29.1 Å². The van der Waals surface area contributed by atoms with E-state index >= 15 is 0 Å². The van der Waals surface area contributed by atoms with Crippen molar-refractivity contribution in [3.05, 3.63) is 75.5 Å². The first kappa shape index (κ1) is 20.2. The molecule has 2 amide bonds. The number of hydrogen-bond acceptors (Lipinski definition) is 5. The lowest BCUT2D eigenvalue weighted by atomic mass is 9.97. The fraction of sp³-hybridized carbons (Fsp3) is 0.273. The smallest absolute Gasteiger partial charge is 0.286 e. The lowest BCUT2D eigenvalue weighted by molar-refractivity contribution is 0.0712. The van der Waals surface area contributed by atoms with Crippen LogP contribution in [-0.4, -0.2) is 40.0 Å². The van der Waals surface area contributed by atoms with Crippen LogP contribution in [0.3, 0.4) is 0 Å². The highest BCUT2D eigenvalue weighted by Gasteiger charge is 2.27. The summed E-state index contributed by atoms with van der Waals surface area (Å²) in [4.78, 5) is 26.9. The van der Waals surface area contributed by atoms with Gasteiger partial charge in [-0.05, 0) is 55.7 Å². The highest BCUT2D eigenvalue weighted by molar-refractivity contribution is 7.13. The van der Waals surface area contributed by atoms with Gasteiger partial charge in [-0.15, -0.1) is 10.2 Å². The molecule has 0 bridgehead atoms. The fourth-order valence-corrected chi connectivity index (χ4v) is 4.39. The number of likely N-dealkylation sites (tertiary alicyclic amines) is 1. The van der Waals surface area contributed by atoms with Gasteiger partial charge in [-0.2, -0.15) is 0 Å². The molecule has 154 valence electrons. The Bertz CT molecular complexity index is 1060. The molecular formula is C22H21FN4O2S. The monoisotopic (exact) mass is 424 g/mol. The summed E-state index contributed by atoms with van der Waals surface area (Å²) in [5.41, 5.74) is 2.22. The fourth-order valence-electron chi connectivity index (χ4n) is 3.48. The van der Waals surface area contributed by atoms with E-state index in [1.807, 2.05) is 31.2 Å². The Balaban J connectivity index is 1.36. The quantitative estimate of drug-likeness (QED) is 0.679. The molecule has 0 unspecified atom stereocenters. The number of halogens is 1. The largest absolute Gasteiger partial charge is 0.339 e. The Hall–Kier alpha value is -3.13. The summed E-state index contributed by atoms with van der Waals surface area (Å²) in [7, 11) is 0. The van der Waals surface area contributed by atoms with Crippen LogP contribution in [0.4, 0.5) is 10.1 Å². The van der Waals surface area contributed by atoms with Crippen LogP contribution in [0.1, 0.15) is 49.5 Å². The average Bonchev–Trinajstić information content (AvgIpc) is 3.26. The van der Waals surface area contributed by atoms with Crippen LogP contribution in [0.15, 0.2) is 48.5 Å². The van der Waals surface area contributed by atoms with Crippen molar-refractivity contribution in [2.45, 2.75) is 25.7 Å². The Kier molecular flexibility index (Phi) is 5.85. The predicted molar refractivity (Wildman–Crippen MR) is 113 cm³/mol. The predicted octanol–water partition coefficient (Wildman–Crippen LogP) is 4.26. The van der Waals surface area contributed by atoms with Crippen LogP contribution in [0.25, 0.3) is 0 Å². The summed E-state index contributed by atoms with van der Waals surface area (Å²) in [5.74, 6) is -0.551. The number of piperidine rings is 1. The molecular weight excluding hydrogens is 403 g/mol. The van der Waals surface area contributed by atoms with Gasteiger partial charge in [0.05, 0.1) is 0 Å². The van der Waals surface area contributed by atoms with Crippen molar-refractivity contribution >= 4 is 28.8 Å². The molecule has 30 heavy (non-hydrogen) atoms. The van der Waals surface area contributed by atoms with Crippen molar-refractivity contribution in [1.29, 1.82) is 0 Å². The van der Waals surface area contributed by atoms with E-state index in [0.29, 0.717) is 23.7 Å². The molecule has 1 aliphatic rings. The summed E-state index contributed by atoms with van der Waals surface area (Å²) in [5, 5.41) is 12.3. The topological polar surface area (TPSA) is 75.2 Å². The SMILES string of the molecule is Cc1ccccc1NC(=O)c1nnc(C2CCN(C(=O)c3ccc(F)cc3)CC2)s1. The molecule has 0 atom stereocenters. The second kappa shape index (κ2) is 8.71. The maximum absolute atomic E-state index is 13.1. The maximum Gasteiger partial charge on any atom is 0.286 e. The van der Waals surface area contributed by atoms with Gasteiger partial charge < -0.3 is 10.2 Å². The van der Waals surface area contributed by atoms with Gasteiger partial charge in [-0.3, -0.25) is 9.59 Å². The zero-order chi connectivity index (χ0) is 21.1. The molecule has 4 rings (SSSR count). The van der Waals surface area contributed by atoms with Crippen LogP contribution in [0.5, 0.6) is 0 Å². The number of rotatable bonds is 4. The van der Waals surface area contributed by atoms with Crippen molar-refractivity contribution in [2.24, 2.45) is 0 Å². The first-order valence-electron chi connectivity index (χ1n) is 9.76. The molecule has 2 heterocycles. The number of hydrogen-bond donors (Lipinski definition) is 1. The van der Waals surface area contributed by atoms with E-state index in [1.54, 1.807) is 4.90 Å². The highest BCUT2D eigenvalue weighted by atomic mass is 32.1. The zero-order valence-corrected chi connectivity index (χ0v) is 17.3. The number of carbonyl (C=O) groups is 2. The van der Waals surface area contributed by atoms with Gasteiger partial charge in [0.2, 0.25) is 5.01 Å². The molecule has 1 aromatic heterocycles. The number of aryl methyl sites for hydroxylation is 1. The Morgan fingerprint density at radius 3 is 2.47 bits per heavy atom. The molecule has 3 aromatic rings. The van der Waals surface area contributed by atoms with E-state index in [1.165, 1.54) is 35.6 Å². The van der Waals surface area contributed by atoms with Gasteiger partial charge in [0.1, 0.15) is 10.8 Å². The molecule has 0 spiro atoms. The molecule has 2 aromatic carbocycles. The second-order valence-electron chi connectivity index (χ2n) is 7.29. The van der Waals surface area contributed by atoms with Crippen LogP contribution in [-0.2, 0) is 0 Å². The molecule has 8 heteroatoms. The summed E-state index contributed by atoms with van der Waals surface area (Å²) in [6.45, 7) is 3.11. The molecule has 1 aliphatic heterocycles. The molecule has 6 nitrogen and oxygen atoms in total. The first-order chi connectivity index (χ1) is 14.5. The van der Waals surface area contributed by atoms with Crippen molar-refractivity contribution in [3.8, 4) is 0 Å². The summed E-state index contributed by atoms with van der Waals surface area (Å²) < 4.78 is 13.1. The van der Waals surface area contributed by atoms with Crippen molar-refractivity contribution < 1.29 is 14.0 Å². The van der Waals surface area contributed by atoms with Gasteiger partial charge in [-0.25, -0.2) is 4.39 Å². The molecule has 0 saturated carbocycles. The Labute approximate surface area is 177 Å². The van der Waals surface area contributed by atoms with Gasteiger partial charge in [-0.1, -0.05) is 29.5 Å². The van der Waals surface area contributed by atoms with Crippen LogP contribution in [0, 0.1) is 12.7 Å². The lowest BCUT2D eigenvalue weighted by Crippen LogP contribution is -2.37. The minimum absolute atomic E-state index is 0.0935. The standard InChI is InChI=1S/C22H21FN4O2S/c1-14-4-2-3-5-18(14)24-19(28)21-26-25-20(30-21)15-10-12-27(13-11-15)22(29)16-6-8-17(23)9-7-16/h2-9,15H,10-13H2,1H3,(H,24,28). The third-order valence-corrected chi connectivity index (χ3v) is 6.34. The van der Waals surface area contributed by atoms with Crippen LogP contribution >= 0.6 is 11.3 Å². The number of anilines is 1. The number of para-hydroxylation sites is 1. The van der Waals surface area contributed by atoms with Gasteiger partial charge in [0.15, 0.2) is 0 Å². The van der Waals surface area contributed by atoms with Crippen LogP contribution < -0.4 is 5.32 Å². The second-order valence-corrected chi connectivity index (χ2v) is 8.30. The first-order valence-corrected chi connectivity index (χ1v) is 10.6. The van der Waals surface area contributed by atoms with E-state index in [2.05, 4.69) is 15.5 Å². The minimum Gasteiger partial charge on any atom is -0.339 e. The van der Waals surface area contributed by atoms with E-state index < -0.39 is 0 Å². The lowest BCUT2D eigenvalue weighted by Gasteiger charge is -2.31. The number of nitrogens with zero attached hydrogens (tertiary/aromatic N) is 3. The normalized spacial score (nSPS) is 14.5. The minimum atomic E-state index is -0.358. The number of benzene rings is 2. The van der Waals surface area contributed by atoms with Crippen molar-refractivity contribution in [1.82, 2.24) is 15.1 Å². The van der Waals surface area contributed by atoms with E-state index in [4.69, 9.17) is 0 Å². The van der Waals surface area contributed by atoms with E-state index in [9.17, 15) is 14.0 Å². The molecule has 1 fully saturated rings. The number of carbonyl (C=O) groups excluding carboxylic acids is 2. The Morgan fingerprint density at radius 2 is 1.77 bits per heavy atom.